The van der Waals surface area contributed by atoms with Crippen molar-refractivity contribution in [3.8, 4) is 0 Å². The van der Waals surface area contributed by atoms with Crippen molar-refractivity contribution in [2.45, 2.75) is 107 Å². The lowest BCUT2D eigenvalue weighted by Crippen LogP contribution is -2.50. The van der Waals surface area contributed by atoms with Crippen molar-refractivity contribution in [1.82, 2.24) is 9.97 Å². The number of hydrogen-bond donors (Lipinski definition) is 1. The van der Waals surface area contributed by atoms with Crippen LogP contribution in [-0.2, 0) is 23.5 Å². The van der Waals surface area contributed by atoms with E-state index in [1.54, 1.807) is 18.0 Å². The average molecular weight is 692 g/mol. The molecule has 10 nitrogen and oxygen atoms in total. The number of carbonyl (C=O) groups excluding carboxylic acids is 2. The standard InChI is InChI=1S/C23H28ClN5O2S.C10H22O3Si/c1-15-22(25)23(14-31-15)7-10-28(11-8-23)18-12-27-19(13-26-18)32-17-5-2-4-16(21(17)24)29-9-3-6-20(29)30;1-8(9(11)12-5)13-14(6,7)10(2,3)4/h2,4-5,12-13,15,22H,3,6-11,14,25H2,1H3;8H,1-7H3/t15-,22+;8-/m00/s1. The Balaban J connectivity index is 0.000000292. The van der Waals surface area contributed by atoms with Crippen LogP contribution in [0, 0.1) is 5.41 Å². The number of esters is 1. The summed E-state index contributed by atoms with van der Waals surface area (Å²) in [4.78, 5) is 37.5. The number of anilines is 2. The van der Waals surface area contributed by atoms with Gasteiger partial charge in [-0.2, -0.15) is 0 Å². The lowest BCUT2D eigenvalue weighted by atomic mass is 9.73. The first-order valence-corrected chi connectivity index (χ1v) is 20.2. The second kappa shape index (κ2) is 14.9. The van der Waals surface area contributed by atoms with Gasteiger partial charge in [0.2, 0.25) is 5.91 Å². The fraction of sp³-hybridized carbons (Fsp3) is 0.636. The highest BCUT2D eigenvalue weighted by molar-refractivity contribution is 7.99. The summed E-state index contributed by atoms with van der Waals surface area (Å²) in [6.07, 6.45) is 6.76. The maximum absolute atomic E-state index is 12.1. The van der Waals surface area contributed by atoms with E-state index in [-0.39, 0.29) is 34.5 Å². The van der Waals surface area contributed by atoms with Crippen molar-refractivity contribution >= 4 is 55.1 Å². The lowest BCUT2D eigenvalue weighted by molar-refractivity contribution is -0.148. The summed E-state index contributed by atoms with van der Waals surface area (Å²) in [5, 5.41) is 1.48. The topological polar surface area (TPSA) is 120 Å². The molecule has 0 radical (unpaired) electrons. The number of rotatable bonds is 7. The van der Waals surface area contributed by atoms with Crippen LogP contribution in [0.2, 0.25) is 23.2 Å². The molecule has 5 rings (SSSR count). The first-order chi connectivity index (χ1) is 21.6. The Kier molecular flexibility index (Phi) is 11.9. The van der Waals surface area contributed by atoms with Crippen molar-refractivity contribution in [2.75, 3.05) is 43.2 Å². The van der Waals surface area contributed by atoms with Crippen molar-refractivity contribution in [2.24, 2.45) is 11.1 Å². The second-order valence-corrected chi connectivity index (χ2v) is 20.2. The van der Waals surface area contributed by atoms with Crippen LogP contribution in [0.25, 0.3) is 0 Å². The second-order valence-electron chi connectivity index (χ2n) is 14.0. The molecule has 13 heteroatoms. The van der Waals surface area contributed by atoms with Gasteiger partial charge in [-0.25, -0.2) is 14.8 Å². The van der Waals surface area contributed by atoms with Crippen LogP contribution < -0.4 is 15.5 Å². The van der Waals surface area contributed by atoms with Crippen molar-refractivity contribution < 1.29 is 23.5 Å². The van der Waals surface area contributed by atoms with Crippen LogP contribution in [0.1, 0.15) is 60.3 Å². The van der Waals surface area contributed by atoms with Crippen LogP contribution >= 0.6 is 23.4 Å². The Morgan fingerprint density at radius 2 is 1.89 bits per heavy atom. The van der Waals surface area contributed by atoms with Gasteiger partial charge < -0.3 is 29.4 Å². The highest BCUT2D eigenvalue weighted by Gasteiger charge is 2.47. The number of aromatic nitrogens is 2. The smallest absolute Gasteiger partial charge is 0.333 e. The largest absolute Gasteiger partial charge is 0.467 e. The minimum Gasteiger partial charge on any atom is -0.467 e. The number of amides is 1. The Morgan fingerprint density at radius 3 is 2.41 bits per heavy atom. The van der Waals surface area contributed by atoms with E-state index < -0.39 is 14.4 Å². The predicted molar refractivity (Wildman–Crippen MR) is 186 cm³/mol. The molecule has 2 aromatic rings. The zero-order valence-electron chi connectivity index (χ0n) is 28.5. The first kappa shape index (κ1) is 36.6. The Labute approximate surface area is 284 Å². The molecule has 1 aromatic carbocycles. The Hall–Kier alpha value is -2.22. The van der Waals surface area contributed by atoms with E-state index >= 15 is 0 Å². The fourth-order valence-corrected chi connectivity index (χ4v) is 8.27. The van der Waals surface area contributed by atoms with Crippen LogP contribution in [0.5, 0.6) is 0 Å². The van der Waals surface area contributed by atoms with E-state index in [9.17, 15) is 9.59 Å². The number of carbonyl (C=O) groups is 2. The van der Waals surface area contributed by atoms with Crippen LogP contribution in [0.3, 0.4) is 0 Å². The molecule has 0 aliphatic carbocycles. The zero-order valence-corrected chi connectivity index (χ0v) is 31.0. The fourth-order valence-electron chi connectivity index (χ4n) is 5.81. The number of halogens is 1. The molecule has 0 saturated carbocycles. The lowest BCUT2D eigenvalue weighted by Gasteiger charge is -2.41. The molecule has 4 heterocycles. The van der Waals surface area contributed by atoms with Gasteiger partial charge in [0.25, 0.3) is 0 Å². The maximum atomic E-state index is 12.1. The summed E-state index contributed by atoms with van der Waals surface area (Å²) in [5.74, 6) is 0.711. The summed E-state index contributed by atoms with van der Waals surface area (Å²) >= 11 is 8.11. The van der Waals surface area contributed by atoms with Gasteiger partial charge in [-0.05, 0) is 63.4 Å². The normalized spacial score (nSPS) is 22.1. The molecule has 3 atom stereocenters. The summed E-state index contributed by atoms with van der Waals surface area (Å²) in [6.45, 7) is 17.8. The summed E-state index contributed by atoms with van der Waals surface area (Å²) in [7, 11) is -0.465. The van der Waals surface area contributed by atoms with Gasteiger partial charge in [0.05, 0.1) is 42.9 Å². The third-order valence-corrected chi connectivity index (χ3v) is 15.9. The van der Waals surface area contributed by atoms with E-state index in [4.69, 9.17) is 26.5 Å². The summed E-state index contributed by atoms with van der Waals surface area (Å²) in [6, 6.07) is 5.88. The van der Waals surface area contributed by atoms with E-state index in [0.29, 0.717) is 18.0 Å². The van der Waals surface area contributed by atoms with Crippen molar-refractivity contribution in [1.29, 1.82) is 0 Å². The molecular formula is C33H50ClN5O5SSi. The van der Waals surface area contributed by atoms with Gasteiger partial charge in [0.15, 0.2) is 8.32 Å². The number of nitrogens with two attached hydrogens (primary N) is 1. The molecule has 46 heavy (non-hydrogen) atoms. The van der Waals surface area contributed by atoms with Gasteiger partial charge in [-0.1, -0.05) is 50.2 Å². The molecule has 254 valence electrons. The van der Waals surface area contributed by atoms with E-state index in [2.05, 4.69) is 60.4 Å². The minimum absolute atomic E-state index is 0.0949. The molecule has 1 aromatic heterocycles. The summed E-state index contributed by atoms with van der Waals surface area (Å²) in [5.41, 5.74) is 7.30. The third kappa shape index (κ3) is 8.25. The highest BCUT2D eigenvalue weighted by atomic mass is 35.5. The van der Waals surface area contributed by atoms with Gasteiger partial charge in [-0.3, -0.25) is 4.79 Å². The van der Waals surface area contributed by atoms with Gasteiger partial charge in [0.1, 0.15) is 16.9 Å². The number of methoxy groups -OCH3 is 1. The van der Waals surface area contributed by atoms with Crippen LogP contribution in [0.4, 0.5) is 11.5 Å². The van der Waals surface area contributed by atoms with Crippen LogP contribution in [-0.4, -0.2) is 81.8 Å². The van der Waals surface area contributed by atoms with Crippen molar-refractivity contribution in [3.63, 3.8) is 0 Å². The quantitative estimate of drug-likeness (QED) is 0.261. The molecule has 3 aliphatic heterocycles. The molecule has 2 N–H and O–H groups in total. The SMILES string of the molecule is COC(=O)[C@H](C)O[Si](C)(C)C(C)(C)C.C[C@@H]1OCC2(CCN(c3cnc(Sc4cccc(N5CCCC5=O)c4Cl)cn3)CC2)[C@@H]1N. The molecule has 0 unspecified atom stereocenters. The van der Waals surface area contributed by atoms with Gasteiger partial charge >= 0.3 is 5.97 Å². The average Bonchev–Trinajstić information content (AvgIpc) is 3.56. The summed E-state index contributed by atoms with van der Waals surface area (Å²) < 4.78 is 16.3. The maximum Gasteiger partial charge on any atom is 0.333 e. The van der Waals surface area contributed by atoms with E-state index in [1.807, 2.05) is 24.4 Å². The van der Waals surface area contributed by atoms with Gasteiger partial charge in [0, 0.05) is 42.4 Å². The van der Waals surface area contributed by atoms with E-state index in [1.165, 1.54) is 18.9 Å². The zero-order chi connectivity index (χ0) is 33.9. The molecule has 3 saturated heterocycles. The van der Waals surface area contributed by atoms with Crippen LogP contribution in [0.15, 0.2) is 40.5 Å². The van der Waals surface area contributed by atoms with Crippen molar-refractivity contribution in [3.05, 3.63) is 35.6 Å². The molecule has 1 amide bonds. The number of ether oxygens (including phenoxy) is 2. The molecule has 1 spiro atoms. The molecule has 3 aliphatic rings. The Bertz CT molecular complexity index is 1370. The number of nitrogens with zero attached hydrogens (tertiary/aromatic N) is 4. The highest BCUT2D eigenvalue weighted by Crippen LogP contribution is 2.43. The Morgan fingerprint density at radius 1 is 1.20 bits per heavy atom. The molecule has 0 bridgehead atoms. The monoisotopic (exact) mass is 691 g/mol. The molecular weight excluding hydrogens is 642 g/mol. The predicted octanol–water partition coefficient (Wildman–Crippen LogP) is 6.31. The molecule has 3 fully saturated rings. The third-order valence-electron chi connectivity index (χ3n) is 9.88. The number of hydrogen-bond acceptors (Lipinski definition) is 10. The van der Waals surface area contributed by atoms with E-state index in [0.717, 1.165) is 60.4 Å². The van der Waals surface area contributed by atoms with Gasteiger partial charge in [-0.15, -0.1) is 0 Å². The minimum atomic E-state index is -1.85. The number of piperidine rings is 1. The number of benzene rings is 1. The first-order valence-electron chi connectivity index (χ1n) is 16.0.